The Labute approximate surface area is 170 Å². The summed E-state index contributed by atoms with van der Waals surface area (Å²) in [6.45, 7) is 1.19. The third kappa shape index (κ3) is 4.80. The number of ether oxygens (including phenoxy) is 3. The number of para-hydroxylation sites is 1. The van der Waals surface area contributed by atoms with Crippen molar-refractivity contribution in [2.75, 3.05) is 27.9 Å². The molecule has 0 spiro atoms. The number of carbonyl (C=O) groups excluding carboxylic acids is 2. The summed E-state index contributed by atoms with van der Waals surface area (Å²) in [5.41, 5.74) is 1.82. The Balaban J connectivity index is 1.58. The standard InChI is InChI=1S/C22H26N2O5/c1-27-18-7-5-4-6-16(18)13-24-14-17(11-21(24)25)22(26)23-12-15-8-9-19(28-2)20(10-15)29-3/h4-10,17H,11-14H2,1-3H3,(H,23,26). The van der Waals surface area contributed by atoms with E-state index in [2.05, 4.69) is 5.32 Å². The summed E-state index contributed by atoms with van der Waals surface area (Å²) < 4.78 is 15.9. The van der Waals surface area contributed by atoms with Crippen molar-refractivity contribution in [1.29, 1.82) is 0 Å². The molecule has 2 amide bonds. The first-order chi connectivity index (χ1) is 14.0. The molecule has 3 rings (SSSR count). The van der Waals surface area contributed by atoms with Gasteiger partial charge in [-0.25, -0.2) is 0 Å². The van der Waals surface area contributed by atoms with E-state index >= 15 is 0 Å². The van der Waals surface area contributed by atoms with Gasteiger partial charge in [0.15, 0.2) is 11.5 Å². The Kier molecular flexibility index (Phi) is 6.59. The van der Waals surface area contributed by atoms with Gasteiger partial charge in [-0.1, -0.05) is 24.3 Å². The first-order valence-corrected chi connectivity index (χ1v) is 9.44. The molecule has 1 saturated heterocycles. The fraction of sp³-hybridized carbons (Fsp3) is 0.364. The average molecular weight is 398 g/mol. The molecule has 2 aromatic carbocycles. The van der Waals surface area contributed by atoms with Crippen molar-refractivity contribution in [3.8, 4) is 17.2 Å². The second kappa shape index (κ2) is 9.32. The summed E-state index contributed by atoms with van der Waals surface area (Å²) in [6.07, 6.45) is 0.215. The predicted octanol–water partition coefficient (Wildman–Crippen LogP) is 2.38. The molecule has 2 aromatic rings. The van der Waals surface area contributed by atoms with Crippen LogP contribution in [0.2, 0.25) is 0 Å². The maximum Gasteiger partial charge on any atom is 0.225 e. The summed E-state index contributed by atoms with van der Waals surface area (Å²) in [4.78, 5) is 26.7. The lowest BCUT2D eigenvalue weighted by Gasteiger charge is -2.18. The molecule has 0 bridgehead atoms. The number of nitrogens with one attached hydrogen (secondary N) is 1. The van der Waals surface area contributed by atoms with E-state index in [1.807, 2.05) is 36.4 Å². The summed E-state index contributed by atoms with van der Waals surface area (Å²) in [7, 11) is 4.75. The van der Waals surface area contributed by atoms with Crippen molar-refractivity contribution in [2.24, 2.45) is 5.92 Å². The Morgan fingerprint density at radius 3 is 2.48 bits per heavy atom. The van der Waals surface area contributed by atoms with Crippen LogP contribution in [0.3, 0.4) is 0 Å². The van der Waals surface area contributed by atoms with Gasteiger partial charge in [0.25, 0.3) is 0 Å². The van der Waals surface area contributed by atoms with Crippen LogP contribution in [0, 0.1) is 5.92 Å². The minimum atomic E-state index is -0.364. The van der Waals surface area contributed by atoms with Crippen LogP contribution in [0.25, 0.3) is 0 Å². The van der Waals surface area contributed by atoms with E-state index in [9.17, 15) is 9.59 Å². The molecule has 1 atom stereocenters. The van der Waals surface area contributed by atoms with E-state index in [0.29, 0.717) is 31.1 Å². The molecule has 1 aliphatic heterocycles. The van der Waals surface area contributed by atoms with E-state index in [4.69, 9.17) is 14.2 Å². The fourth-order valence-corrected chi connectivity index (χ4v) is 3.46. The zero-order chi connectivity index (χ0) is 20.8. The van der Waals surface area contributed by atoms with Crippen LogP contribution in [-0.2, 0) is 22.7 Å². The minimum Gasteiger partial charge on any atom is -0.496 e. The van der Waals surface area contributed by atoms with Gasteiger partial charge in [0.05, 0.1) is 27.2 Å². The summed E-state index contributed by atoms with van der Waals surface area (Å²) in [6, 6.07) is 13.1. The van der Waals surface area contributed by atoms with Crippen LogP contribution >= 0.6 is 0 Å². The molecule has 0 aromatic heterocycles. The van der Waals surface area contributed by atoms with Gasteiger partial charge < -0.3 is 24.4 Å². The number of carbonyl (C=O) groups is 2. The number of nitrogens with zero attached hydrogens (tertiary/aromatic N) is 1. The minimum absolute atomic E-state index is 0.0258. The van der Waals surface area contributed by atoms with Gasteiger partial charge in [0.2, 0.25) is 11.8 Å². The fourth-order valence-electron chi connectivity index (χ4n) is 3.46. The van der Waals surface area contributed by atoms with Crippen molar-refractivity contribution < 1.29 is 23.8 Å². The summed E-state index contributed by atoms with van der Waals surface area (Å²) in [5.74, 6) is 1.46. The molecule has 7 nitrogen and oxygen atoms in total. The van der Waals surface area contributed by atoms with E-state index < -0.39 is 0 Å². The maximum atomic E-state index is 12.6. The molecule has 7 heteroatoms. The van der Waals surface area contributed by atoms with Crippen LogP contribution in [0.1, 0.15) is 17.5 Å². The van der Waals surface area contributed by atoms with Gasteiger partial charge in [0, 0.05) is 31.6 Å². The van der Waals surface area contributed by atoms with Crippen molar-refractivity contribution in [1.82, 2.24) is 10.2 Å². The highest BCUT2D eigenvalue weighted by Crippen LogP contribution is 2.28. The first kappa shape index (κ1) is 20.5. The van der Waals surface area contributed by atoms with Gasteiger partial charge in [-0.2, -0.15) is 0 Å². The van der Waals surface area contributed by atoms with E-state index in [0.717, 1.165) is 16.9 Å². The predicted molar refractivity (Wildman–Crippen MR) is 108 cm³/mol. The number of amides is 2. The lowest BCUT2D eigenvalue weighted by molar-refractivity contribution is -0.129. The Hall–Kier alpha value is -3.22. The molecular formula is C22H26N2O5. The highest BCUT2D eigenvalue weighted by molar-refractivity contribution is 5.89. The maximum absolute atomic E-state index is 12.6. The lowest BCUT2D eigenvalue weighted by atomic mass is 10.1. The van der Waals surface area contributed by atoms with Crippen LogP contribution in [-0.4, -0.2) is 44.6 Å². The molecule has 1 heterocycles. The molecule has 0 radical (unpaired) electrons. The first-order valence-electron chi connectivity index (χ1n) is 9.44. The number of methoxy groups -OCH3 is 3. The highest BCUT2D eigenvalue weighted by atomic mass is 16.5. The van der Waals surface area contributed by atoms with Gasteiger partial charge in [0.1, 0.15) is 5.75 Å². The molecule has 1 unspecified atom stereocenters. The SMILES string of the molecule is COc1ccccc1CN1CC(C(=O)NCc2ccc(OC)c(OC)c2)CC1=O. The third-order valence-electron chi connectivity index (χ3n) is 5.05. The normalized spacial score (nSPS) is 15.9. The smallest absolute Gasteiger partial charge is 0.225 e. The topological polar surface area (TPSA) is 77.1 Å². The molecule has 0 saturated carbocycles. The second-order valence-electron chi connectivity index (χ2n) is 6.89. The van der Waals surface area contributed by atoms with Crippen LogP contribution in [0.4, 0.5) is 0 Å². The van der Waals surface area contributed by atoms with E-state index in [-0.39, 0.29) is 24.2 Å². The van der Waals surface area contributed by atoms with Crippen molar-refractivity contribution in [3.63, 3.8) is 0 Å². The van der Waals surface area contributed by atoms with Gasteiger partial charge >= 0.3 is 0 Å². The van der Waals surface area contributed by atoms with E-state index in [1.54, 1.807) is 32.3 Å². The van der Waals surface area contributed by atoms with Gasteiger partial charge in [-0.05, 0) is 23.8 Å². The number of benzene rings is 2. The van der Waals surface area contributed by atoms with E-state index in [1.165, 1.54) is 0 Å². The Bertz CT molecular complexity index is 883. The van der Waals surface area contributed by atoms with Crippen LogP contribution < -0.4 is 19.5 Å². The lowest BCUT2D eigenvalue weighted by Crippen LogP contribution is -2.32. The average Bonchev–Trinajstić information content (AvgIpc) is 3.12. The van der Waals surface area contributed by atoms with Crippen LogP contribution in [0.15, 0.2) is 42.5 Å². The highest BCUT2D eigenvalue weighted by Gasteiger charge is 2.34. The molecule has 29 heavy (non-hydrogen) atoms. The van der Waals surface area contributed by atoms with Gasteiger partial charge in [-0.3, -0.25) is 9.59 Å². The zero-order valence-corrected chi connectivity index (χ0v) is 16.9. The van der Waals surface area contributed by atoms with Crippen LogP contribution in [0.5, 0.6) is 17.2 Å². The van der Waals surface area contributed by atoms with Crippen molar-refractivity contribution in [2.45, 2.75) is 19.5 Å². The molecule has 0 aliphatic carbocycles. The molecule has 1 N–H and O–H groups in total. The second-order valence-corrected chi connectivity index (χ2v) is 6.89. The number of hydrogen-bond donors (Lipinski definition) is 1. The Morgan fingerprint density at radius 2 is 1.76 bits per heavy atom. The monoisotopic (exact) mass is 398 g/mol. The molecule has 154 valence electrons. The van der Waals surface area contributed by atoms with Crippen molar-refractivity contribution >= 4 is 11.8 Å². The zero-order valence-electron chi connectivity index (χ0n) is 16.9. The quantitative estimate of drug-likeness (QED) is 0.739. The number of rotatable bonds is 8. The largest absolute Gasteiger partial charge is 0.496 e. The van der Waals surface area contributed by atoms with Crippen molar-refractivity contribution in [3.05, 3.63) is 53.6 Å². The Morgan fingerprint density at radius 1 is 1.03 bits per heavy atom. The molecule has 1 aliphatic rings. The van der Waals surface area contributed by atoms with Gasteiger partial charge in [-0.15, -0.1) is 0 Å². The molecule has 1 fully saturated rings. The molecular weight excluding hydrogens is 372 g/mol. The summed E-state index contributed by atoms with van der Waals surface area (Å²) in [5, 5.41) is 2.92. The number of hydrogen-bond acceptors (Lipinski definition) is 5. The summed E-state index contributed by atoms with van der Waals surface area (Å²) >= 11 is 0. The third-order valence-corrected chi connectivity index (χ3v) is 5.05. The number of likely N-dealkylation sites (tertiary alicyclic amines) is 1.